The topological polar surface area (TPSA) is 101 Å². The molecule has 1 heterocycles. The normalized spacial score (nSPS) is 11.0. The largest absolute Gasteiger partial charge is 0.493 e. The third-order valence-electron chi connectivity index (χ3n) is 5.18. The minimum atomic E-state index is -0.606. The van der Waals surface area contributed by atoms with Crippen molar-refractivity contribution in [2.24, 2.45) is 0 Å². The lowest BCUT2D eigenvalue weighted by Gasteiger charge is -2.12. The number of Topliss-reactive ketones (excluding diaryl/α,β-unsaturated/α-hetero) is 1. The molecule has 1 N–H and O–H groups in total. The Balaban J connectivity index is 1.95. The number of carbonyl (C=O) groups excluding carboxylic acids is 2. The summed E-state index contributed by atoms with van der Waals surface area (Å²) in [6, 6.07) is 16.8. The average Bonchev–Trinajstić information content (AvgIpc) is 3.15. The Kier molecular flexibility index (Phi) is 7.88. The molecule has 1 aromatic heterocycles. The van der Waals surface area contributed by atoms with Crippen molar-refractivity contribution in [3.63, 3.8) is 0 Å². The zero-order valence-electron chi connectivity index (χ0n) is 19.6. The maximum Gasteiger partial charge on any atom is 0.340 e. The van der Waals surface area contributed by atoms with E-state index in [1.165, 1.54) is 6.08 Å². The minimum Gasteiger partial charge on any atom is -0.493 e. The highest BCUT2D eigenvalue weighted by Gasteiger charge is 2.27. The van der Waals surface area contributed by atoms with Crippen molar-refractivity contribution in [1.29, 1.82) is 5.26 Å². The first kappa shape index (κ1) is 24.3. The Morgan fingerprint density at radius 3 is 2.38 bits per heavy atom. The standard InChI is InChI=1S/C27H26N2O5/c1-5-33-27(31)25-18(3)29-17(2)24(25)26(30)21(15-28)13-20-11-12-22(32-4)23(14-20)34-16-19-9-7-6-8-10-19/h6-14,29H,5,16H2,1-4H3/b21-13+. The Morgan fingerprint density at radius 2 is 1.74 bits per heavy atom. The number of H-pyrrole nitrogens is 1. The van der Waals surface area contributed by atoms with Crippen LogP contribution in [0.3, 0.4) is 0 Å². The molecule has 3 aromatic rings. The zero-order valence-corrected chi connectivity index (χ0v) is 19.6. The summed E-state index contributed by atoms with van der Waals surface area (Å²) in [7, 11) is 1.54. The lowest BCUT2D eigenvalue weighted by molar-refractivity contribution is 0.0523. The summed E-state index contributed by atoms with van der Waals surface area (Å²) < 4.78 is 16.4. The van der Waals surface area contributed by atoms with Gasteiger partial charge in [0.25, 0.3) is 0 Å². The van der Waals surface area contributed by atoms with Gasteiger partial charge in [-0.3, -0.25) is 4.79 Å². The van der Waals surface area contributed by atoms with Crippen molar-refractivity contribution < 1.29 is 23.8 Å². The van der Waals surface area contributed by atoms with E-state index in [4.69, 9.17) is 14.2 Å². The highest BCUT2D eigenvalue weighted by molar-refractivity contribution is 6.19. The minimum absolute atomic E-state index is 0.119. The highest BCUT2D eigenvalue weighted by Crippen LogP contribution is 2.30. The number of aromatic nitrogens is 1. The number of allylic oxidation sites excluding steroid dienone is 1. The number of aromatic amines is 1. The van der Waals surface area contributed by atoms with Crippen molar-refractivity contribution in [3.8, 4) is 17.6 Å². The van der Waals surface area contributed by atoms with E-state index in [2.05, 4.69) is 4.98 Å². The Hall–Kier alpha value is -4.31. The summed E-state index contributed by atoms with van der Waals surface area (Å²) in [5, 5.41) is 9.75. The molecule has 0 fully saturated rings. The summed E-state index contributed by atoms with van der Waals surface area (Å²) in [6.45, 7) is 5.57. The van der Waals surface area contributed by atoms with Gasteiger partial charge in [-0.2, -0.15) is 5.26 Å². The SMILES string of the molecule is CCOC(=O)c1c(C)[nH]c(C)c1C(=O)/C(C#N)=C/c1ccc(OC)c(OCc2ccccc2)c1. The van der Waals surface area contributed by atoms with Gasteiger partial charge in [0, 0.05) is 11.4 Å². The molecular formula is C27H26N2O5. The number of methoxy groups -OCH3 is 1. The second kappa shape index (κ2) is 11.0. The van der Waals surface area contributed by atoms with Gasteiger partial charge in [0.05, 0.1) is 24.8 Å². The van der Waals surface area contributed by atoms with Crippen molar-refractivity contribution >= 4 is 17.8 Å². The number of hydrogen-bond acceptors (Lipinski definition) is 6. The van der Waals surface area contributed by atoms with E-state index in [0.717, 1.165) is 5.56 Å². The number of esters is 1. The van der Waals surface area contributed by atoms with Crippen LogP contribution in [0.15, 0.2) is 54.1 Å². The van der Waals surface area contributed by atoms with E-state index < -0.39 is 11.8 Å². The summed E-state index contributed by atoms with van der Waals surface area (Å²) in [5.74, 6) is -0.161. The molecule has 174 valence electrons. The molecule has 0 aliphatic heterocycles. The number of aryl methyl sites for hydroxylation is 2. The molecule has 7 heteroatoms. The molecule has 34 heavy (non-hydrogen) atoms. The summed E-state index contributed by atoms with van der Waals surface area (Å²) >= 11 is 0. The van der Waals surface area contributed by atoms with Gasteiger partial charge in [-0.25, -0.2) is 4.79 Å². The molecule has 0 unspecified atom stereocenters. The molecule has 7 nitrogen and oxygen atoms in total. The molecule has 0 atom stereocenters. The van der Waals surface area contributed by atoms with Crippen molar-refractivity contribution in [3.05, 3.63) is 87.7 Å². The number of ether oxygens (including phenoxy) is 3. The highest BCUT2D eigenvalue weighted by atomic mass is 16.5. The average molecular weight is 459 g/mol. The van der Waals surface area contributed by atoms with Crippen LogP contribution in [0, 0.1) is 25.2 Å². The summed E-state index contributed by atoms with van der Waals surface area (Å²) in [6.07, 6.45) is 1.47. The van der Waals surface area contributed by atoms with Crippen LogP contribution in [0.5, 0.6) is 11.5 Å². The Labute approximate surface area is 198 Å². The van der Waals surface area contributed by atoms with E-state index in [0.29, 0.717) is 35.1 Å². The van der Waals surface area contributed by atoms with E-state index in [-0.39, 0.29) is 23.3 Å². The fourth-order valence-corrected chi connectivity index (χ4v) is 3.60. The quantitative estimate of drug-likeness (QED) is 0.205. The third kappa shape index (κ3) is 5.36. The maximum absolute atomic E-state index is 13.3. The van der Waals surface area contributed by atoms with E-state index in [1.54, 1.807) is 46.1 Å². The Bertz CT molecular complexity index is 1270. The van der Waals surface area contributed by atoms with Crippen LogP contribution in [-0.4, -0.2) is 30.5 Å². The molecular weight excluding hydrogens is 432 g/mol. The van der Waals surface area contributed by atoms with E-state index >= 15 is 0 Å². The molecule has 0 amide bonds. The predicted octanol–water partition coefficient (Wildman–Crippen LogP) is 5.19. The third-order valence-corrected chi connectivity index (χ3v) is 5.18. The van der Waals surface area contributed by atoms with Gasteiger partial charge >= 0.3 is 5.97 Å². The first-order valence-corrected chi connectivity index (χ1v) is 10.8. The van der Waals surface area contributed by atoms with Crippen LogP contribution in [0.25, 0.3) is 6.08 Å². The van der Waals surface area contributed by atoms with Gasteiger partial charge in [-0.15, -0.1) is 0 Å². The fourth-order valence-electron chi connectivity index (χ4n) is 3.60. The van der Waals surface area contributed by atoms with Crippen LogP contribution >= 0.6 is 0 Å². The number of carbonyl (C=O) groups is 2. The predicted molar refractivity (Wildman–Crippen MR) is 128 cm³/mol. The number of hydrogen-bond donors (Lipinski definition) is 1. The first-order chi connectivity index (χ1) is 16.4. The fraction of sp³-hybridized carbons (Fsp3) is 0.222. The van der Waals surface area contributed by atoms with Gasteiger partial charge in [0.2, 0.25) is 5.78 Å². The van der Waals surface area contributed by atoms with Gasteiger partial charge in [0.15, 0.2) is 11.5 Å². The van der Waals surface area contributed by atoms with Crippen molar-refractivity contribution in [2.45, 2.75) is 27.4 Å². The lowest BCUT2D eigenvalue weighted by Crippen LogP contribution is -2.13. The van der Waals surface area contributed by atoms with E-state index in [1.807, 2.05) is 36.4 Å². The van der Waals surface area contributed by atoms with Crippen molar-refractivity contribution in [2.75, 3.05) is 13.7 Å². The van der Waals surface area contributed by atoms with Crippen LogP contribution in [0.2, 0.25) is 0 Å². The molecule has 0 spiro atoms. The van der Waals surface area contributed by atoms with Crippen LogP contribution in [-0.2, 0) is 11.3 Å². The molecule has 0 saturated carbocycles. The molecule has 0 radical (unpaired) electrons. The zero-order chi connectivity index (χ0) is 24.7. The Morgan fingerprint density at radius 1 is 1.03 bits per heavy atom. The van der Waals surface area contributed by atoms with Crippen molar-refractivity contribution in [1.82, 2.24) is 4.98 Å². The number of nitrogens with zero attached hydrogens (tertiary/aromatic N) is 1. The molecule has 0 aliphatic rings. The van der Waals surface area contributed by atoms with Crippen LogP contribution < -0.4 is 9.47 Å². The molecule has 3 rings (SSSR count). The van der Waals surface area contributed by atoms with Gasteiger partial charge in [-0.05, 0) is 50.1 Å². The number of nitriles is 1. The number of rotatable bonds is 9. The lowest BCUT2D eigenvalue weighted by atomic mass is 9.98. The monoisotopic (exact) mass is 458 g/mol. The number of benzene rings is 2. The van der Waals surface area contributed by atoms with Gasteiger partial charge < -0.3 is 19.2 Å². The van der Waals surface area contributed by atoms with Gasteiger partial charge in [-0.1, -0.05) is 36.4 Å². The first-order valence-electron chi connectivity index (χ1n) is 10.8. The smallest absolute Gasteiger partial charge is 0.340 e. The molecule has 0 aliphatic carbocycles. The molecule has 2 aromatic carbocycles. The van der Waals surface area contributed by atoms with Gasteiger partial charge in [0.1, 0.15) is 18.2 Å². The van der Waals surface area contributed by atoms with E-state index in [9.17, 15) is 14.9 Å². The second-order valence-electron chi connectivity index (χ2n) is 7.53. The second-order valence-corrected chi connectivity index (χ2v) is 7.53. The molecule has 0 saturated heterocycles. The van der Waals surface area contributed by atoms with Crippen LogP contribution in [0.4, 0.5) is 0 Å². The summed E-state index contributed by atoms with van der Waals surface area (Å²) in [5.41, 5.74) is 2.74. The van der Waals surface area contributed by atoms with Crippen LogP contribution in [0.1, 0.15) is 50.2 Å². The number of nitrogens with one attached hydrogen (secondary N) is 1. The number of ketones is 1. The summed E-state index contributed by atoms with van der Waals surface area (Å²) in [4.78, 5) is 28.7. The molecule has 0 bridgehead atoms. The maximum atomic E-state index is 13.3.